The zero-order valence-electron chi connectivity index (χ0n) is 14.3. The lowest BCUT2D eigenvalue weighted by atomic mass is 10.4. The first-order valence-corrected chi connectivity index (χ1v) is 13.9. The highest BCUT2D eigenvalue weighted by Crippen LogP contribution is 2.30. The van der Waals surface area contributed by atoms with E-state index in [4.69, 9.17) is 4.43 Å². The summed E-state index contributed by atoms with van der Waals surface area (Å²) in [4.78, 5) is 0. The summed E-state index contributed by atoms with van der Waals surface area (Å²) < 4.78 is 6.40. The van der Waals surface area contributed by atoms with Crippen molar-refractivity contribution in [1.29, 1.82) is 0 Å². The molecule has 0 unspecified atom stereocenters. The van der Waals surface area contributed by atoms with E-state index in [0.29, 0.717) is 0 Å². The summed E-state index contributed by atoms with van der Waals surface area (Å²) in [5.74, 6) is 0. The van der Waals surface area contributed by atoms with E-state index in [1.807, 2.05) is 7.11 Å². The van der Waals surface area contributed by atoms with Crippen LogP contribution in [0.5, 0.6) is 0 Å². The number of hydrogen-bond acceptors (Lipinski definition) is 1. The van der Waals surface area contributed by atoms with Crippen LogP contribution in [0.25, 0.3) is 0 Å². The third-order valence-corrected chi connectivity index (χ3v) is 23.9. The molecule has 118 valence electrons. The van der Waals surface area contributed by atoms with E-state index in [-0.39, 0.29) is 0 Å². The molecule has 0 saturated heterocycles. The minimum absolute atomic E-state index is 1.18. The molecule has 0 saturated carbocycles. The Kier molecular flexibility index (Phi) is 5.78. The standard InChI is InChI=1S/C19H28OSi2/c1-5-21(6-2,20-4)22(7-3,18-14-10-8-11-15-18)19-16-12-9-13-17-19/h8-17H,5-7H2,1-4H3. The first-order chi connectivity index (χ1) is 10.7. The third-order valence-electron chi connectivity index (χ3n) is 5.37. The molecule has 0 heterocycles. The maximum absolute atomic E-state index is 6.40. The molecule has 0 aliphatic rings. The van der Waals surface area contributed by atoms with E-state index >= 15 is 0 Å². The third kappa shape index (κ3) is 2.62. The van der Waals surface area contributed by atoms with Crippen molar-refractivity contribution < 1.29 is 4.43 Å². The highest BCUT2D eigenvalue weighted by Gasteiger charge is 2.55. The van der Waals surface area contributed by atoms with Gasteiger partial charge in [0.05, 0.1) is 0 Å². The molecule has 0 aliphatic heterocycles. The molecule has 2 aromatic rings. The minimum atomic E-state index is -1.88. The average molecular weight is 329 g/mol. The van der Waals surface area contributed by atoms with Gasteiger partial charge in [-0.05, 0) is 12.1 Å². The molecule has 0 fully saturated rings. The predicted octanol–water partition coefficient (Wildman–Crippen LogP) is 3.98. The number of benzene rings is 2. The van der Waals surface area contributed by atoms with Crippen LogP contribution in [0.4, 0.5) is 0 Å². The molecule has 2 rings (SSSR count). The second-order valence-electron chi connectivity index (χ2n) is 5.90. The van der Waals surface area contributed by atoms with Crippen LogP contribution < -0.4 is 10.4 Å². The van der Waals surface area contributed by atoms with Gasteiger partial charge in [0.1, 0.15) is 7.59 Å². The van der Waals surface area contributed by atoms with Crippen LogP contribution in [0, 0.1) is 0 Å². The van der Waals surface area contributed by atoms with Gasteiger partial charge in [-0.3, -0.25) is 0 Å². The molecule has 1 nitrogen and oxygen atoms in total. The van der Waals surface area contributed by atoms with Crippen molar-refractivity contribution in [3.05, 3.63) is 60.7 Å². The number of hydrogen-bond donors (Lipinski definition) is 0. The highest BCUT2D eigenvalue weighted by atomic mass is 29.3. The molecule has 0 spiro atoms. The van der Waals surface area contributed by atoms with E-state index in [9.17, 15) is 0 Å². The topological polar surface area (TPSA) is 9.23 Å². The zero-order valence-corrected chi connectivity index (χ0v) is 16.3. The van der Waals surface area contributed by atoms with Gasteiger partial charge in [0.15, 0.2) is 7.83 Å². The smallest absolute Gasteiger partial charge is 0.189 e. The van der Waals surface area contributed by atoms with Crippen LogP contribution in [0.2, 0.25) is 18.1 Å². The lowest BCUT2D eigenvalue weighted by molar-refractivity contribution is 0.409. The largest absolute Gasteiger partial charge is 0.422 e. The molecule has 0 atom stereocenters. The summed E-state index contributed by atoms with van der Waals surface area (Å²) in [7, 11) is -1.76. The van der Waals surface area contributed by atoms with Crippen LogP contribution in [0.1, 0.15) is 20.8 Å². The Balaban J connectivity index is 2.78. The molecule has 0 aliphatic carbocycles. The normalized spacial score (nSPS) is 12.4. The molecular weight excluding hydrogens is 300 g/mol. The molecular formula is C19H28OSi2. The van der Waals surface area contributed by atoms with Gasteiger partial charge in [-0.1, -0.05) is 97.9 Å². The van der Waals surface area contributed by atoms with E-state index in [1.165, 1.54) is 18.1 Å². The van der Waals surface area contributed by atoms with Crippen molar-refractivity contribution >= 4 is 25.8 Å². The molecule has 0 radical (unpaired) electrons. The van der Waals surface area contributed by atoms with Gasteiger partial charge < -0.3 is 4.43 Å². The van der Waals surface area contributed by atoms with Crippen molar-refractivity contribution in [3.8, 4) is 0 Å². The summed E-state index contributed by atoms with van der Waals surface area (Å²) in [6.07, 6.45) is 0. The summed E-state index contributed by atoms with van der Waals surface area (Å²) >= 11 is 0. The molecule has 2 aromatic carbocycles. The van der Waals surface area contributed by atoms with Crippen LogP contribution in [-0.2, 0) is 4.43 Å². The fourth-order valence-corrected chi connectivity index (χ4v) is 21.9. The Bertz CT molecular complexity index is 517. The van der Waals surface area contributed by atoms with Gasteiger partial charge >= 0.3 is 0 Å². The predicted molar refractivity (Wildman–Crippen MR) is 102 cm³/mol. The molecule has 0 bridgehead atoms. The molecule has 0 N–H and O–H groups in total. The first kappa shape index (κ1) is 17.2. The van der Waals surface area contributed by atoms with Gasteiger partial charge in [-0.15, -0.1) is 0 Å². The Morgan fingerprint density at radius 3 is 1.36 bits per heavy atom. The summed E-state index contributed by atoms with van der Waals surface area (Å²) in [6.45, 7) is 7.04. The van der Waals surface area contributed by atoms with Crippen LogP contribution in [-0.4, -0.2) is 22.5 Å². The van der Waals surface area contributed by atoms with Crippen molar-refractivity contribution in [2.24, 2.45) is 0 Å². The van der Waals surface area contributed by atoms with Gasteiger partial charge in [0.25, 0.3) is 0 Å². The van der Waals surface area contributed by atoms with E-state index in [2.05, 4.69) is 81.4 Å². The minimum Gasteiger partial charge on any atom is -0.422 e. The summed E-state index contributed by atoms with van der Waals surface area (Å²) in [5, 5.41) is 3.09. The van der Waals surface area contributed by atoms with E-state index in [0.717, 1.165) is 0 Å². The summed E-state index contributed by atoms with van der Waals surface area (Å²) in [6, 6.07) is 26.0. The summed E-state index contributed by atoms with van der Waals surface area (Å²) in [5.41, 5.74) is 0. The fourth-order valence-electron chi connectivity index (χ4n) is 4.18. The number of rotatable bonds is 7. The van der Waals surface area contributed by atoms with Gasteiger partial charge in [-0.25, -0.2) is 0 Å². The molecule has 0 aromatic heterocycles. The van der Waals surface area contributed by atoms with Crippen LogP contribution in [0.3, 0.4) is 0 Å². The zero-order chi connectivity index (χ0) is 16.1. The van der Waals surface area contributed by atoms with Crippen molar-refractivity contribution in [1.82, 2.24) is 0 Å². The Hall–Kier alpha value is -1.17. The monoisotopic (exact) mass is 328 g/mol. The lowest BCUT2D eigenvalue weighted by Crippen LogP contribution is -2.76. The average Bonchev–Trinajstić information content (AvgIpc) is 2.61. The SMILES string of the molecule is CC[Si](CC)(OC)[Si](CC)(c1ccccc1)c1ccccc1. The maximum Gasteiger partial charge on any atom is 0.189 e. The van der Waals surface area contributed by atoms with Crippen LogP contribution in [0.15, 0.2) is 60.7 Å². The Morgan fingerprint density at radius 1 is 0.682 bits per heavy atom. The van der Waals surface area contributed by atoms with E-state index < -0.39 is 15.4 Å². The molecule has 22 heavy (non-hydrogen) atoms. The van der Waals surface area contributed by atoms with Gasteiger partial charge in [0.2, 0.25) is 0 Å². The van der Waals surface area contributed by atoms with Crippen molar-refractivity contribution in [2.45, 2.75) is 38.9 Å². The highest BCUT2D eigenvalue weighted by molar-refractivity contribution is 7.49. The van der Waals surface area contributed by atoms with Gasteiger partial charge in [0, 0.05) is 7.11 Å². The maximum atomic E-state index is 6.40. The lowest BCUT2D eigenvalue weighted by Gasteiger charge is -2.46. The van der Waals surface area contributed by atoms with Crippen LogP contribution >= 0.6 is 0 Å². The molecule has 0 amide bonds. The van der Waals surface area contributed by atoms with E-state index in [1.54, 1.807) is 10.4 Å². The first-order valence-electron chi connectivity index (χ1n) is 8.37. The van der Waals surface area contributed by atoms with Crippen molar-refractivity contribution in [3.63, 3.8) is 0 Å². The van der Waals surface area contributed by atoms with Crippen molar-refractivity contribution in [2.75, 3.05) is 7.11 Å². The quantitative estimate of drug-likeness (QED) is 0.699. The Morgan fingerprint density at radius 2 is 1.09 bits per heavy atom. The second kappa shape index (κ2) is 7.40. The van der Waals surface area contributed by atoms with Gasteiger partial charge in [-0.2, -0.15) is 0 Å². The molecule has 3 heteroatoms. The fraction of sp³-hybridized carbons (Fsp3) is 0.368. The second-order valence-corrected chi connectivity index (χ2v) is 18.7. The Labute approximate surface area is 137 Å².